The zero-order chi connectivity index (χ0) is 19.2. The molecule has 1 aromatic heterocycles. The van der Waals surface area contributed by atoms with Gasteiger partial charge in [0.25, 0.3) is 0 Å². The van der Waals surface area contributed by atoms with Gasteiger partial charge in [-0.2, -0.15) is 0 Å². The van der Waals surface area contributed by atoms with E-state index in [0.29, 0.717) is 42.7 Å². The maximum Gasteiger partial charge on any atom is 0.230 e. The number of hydrogen-bond acceptors (Lipinski definition) is 6. The van der Waals surface area contributed by atoms with E-state index < -0.39 is 0 Å². The van der Waals surface area contributed by atoms with Gasteiger partial charge in [0.1, 0.15) is 18.9 Å². The van der Waals surface area contributed by atoms with Crippen LogP contribution in [0.1, 0.15) is 11.3 Å². The molecule has 0 saturated heterocycles. The quantitative estimate of drug-likeness (QED) is 0.657. The van der Waals surface area contributed by atoms with Crippen LogP contribution in [0.25, 0.3) is 11.3 Å². The summed E-state index contributed by atoms with van der Waals surface area (Å²) in [5.41, 5.74) is 2.74. The fourth-order valence-corrected chi connectivity index (χ4v) is 3.62. The molecule has 0 aliphatic carbocycles. The predicted molar refractivity (Wildman–Crippen MR) is 107 cm³/mol. The lowest BCUT2D eigenvalue weighted by atomic mass is 10.1. The molecule has 144 valence electrons. The maximum atomic E-state index is 12.0. The number of rotatable bonds is 7. The van der Waals surface area contributed by atoms with E-state index in [1.54, 1.807) is 11.8 Å². The Hall–Kier alpha value is -2.93. The first-order valence-corrected chi connectivity index (χ1v) is 10.2. The average Bonchev–Trinajstić information content (AvgIpc) is 3.22. The van der Waals surface area contributed by atoms with Crippen molar-refractivity contribution in [3.05, 3.63) is 65.9 Å². The number of carbonyl (C=O) groups excluding carboxylic acids is 1. The Labute approximate surface area is 167 Å². The predicted octanol–water partition coefficient (Wildman–Crippen LogP) is 3.66. The summed E-state index contributed by atoms with van der Waals surface area (Å²) in [5, 5.41) is 6.91. The van der Waals surface area contributed by atoms with Crippen molar-refractivity contribution in [1.82, 2.24) is 10.5 Å². The van der Waals surface area contributed by atoms with Crippen LogP contribution in [0.2, 0.25) is 0 Å². The summed E-state index contributed by atoms with van der Waals surface area (Å²) in [6.45, 7) is 1.42. The summed E-state index contributed by atoms with van der Waals surface area (Å²) >= 11 is 1.58. The topological polar surface area (TPSA) is 73.6 Å². The molecule has 0 radical (unpaired) electrons. The maximum absolute atomic E-state index is 12.0. The van der Waals surface area contributed by atoms with Gasteiger partial charge in [0.05, 0.1) is 12.3 Å². The number of nitrogens with one attached hydrogen (secondary N) is 1. The average molecular weight is 396 g/mol. The van der Waals surface area contributed by atoms with Gasteiger partial charge in [-0.15, -0.1) is 11.8 Å². The van der Waals surface area contributed by atoms with E-state index in [4.69, 9.17) is 14.0 Å². The van der Waals surface area contributed by atoms with Crippen molar-refractivity contribution in [2.24, 2.45) is 0 Å². The lowest BCUT2D eigenvalue weighted by molar-refractivity contribution is -0.118. The van der Waals surface area contributed by atoms with E-state index in [-0.39, 0.29) is 5.91 Å². The first-order valence-electron chi connectivity index (χ1n) is 9.02. The van der Waals surface area contributed by atoms with E-state index in [2.05, 4.69) is 22.6 Å². The van der Waals surface area contributed by atoms with Gasteiger partial charge in [-0.1, -0.05) is 35.5 Å². The Morgan fingerprint density at radius 2 is 1.86 bits per heavy atom. The molecule has 0 spiro atoms. The molecule has 3 aromatic rings. The van der Waals surface area contributed by atoms with Crippen molar-refractivity contribution in [3.8, 4) is 22.8 Å². The Bertz CT molecular complexity index is 943. The molecule has 4 rings (SSSR count). The summed E-state index contributed by atoms with van der Waals surface area (Å²) in [6.07, 6.45) is 0. The Kier molecular flexibility index (Phi) is 5.82. The largest absolute Gasteiger partial charge is 0.486 e. The molecule has 0 saturated carbocycles. The highest BCUT2D eigenvalue weighted by atomic mass is 32.2. The minimum absolute atomic E-state index is 0.0233. The number of thioether (sulfide) groups is 1. The minimum atomic E-state index is -0.0233. The van der Waals surface area contributed by atoms with Crippen LogP contribution in [0.5, 0.6) is 11.5 Å². The molecule has 0 fully saturated rings. The van der Waals surface area contributed by atoms with Crippen LogP contribution in [0, 0.1) is 0 Å². The Balaban J connectivity index is 1.27. The number of nitrogens with zero attached hydrogens (tertiary/aromatic N) is 1. The summed E-state index contributed by atoms with van der Waals surface area (Å²) in [5.74, 6) is 3.25. The van der Waals surface area contributed by atoms with Crippen molar-refractivity contribution >= 4 is 17.7 Å². The number of fused-ring (bicyclic) bond motifs is 1. The van der Waals surface area contributed by atoms with Crippen LogP contribution in [0.3, 0.4) is 0 Å². The number of benzene rings is 2. The molecule has 28 heavy (non-hydrogen) atoms. The van der Waals surface area contributed by atoms with Gasteiger partial charge < -0.3 is 19.3 Å². The monoisotopic (exact) mass is 396 g/mol. The highest BCUT2D eigenvalue weighted by Crippen LogP contribution is 2.34. The Morgan fingerprint density at radius 3 is 2.71 bits per heavy atom. The molecule has 0 unspecified atom stereocenters. The minimum Gasteiger partial charge on any atom is -0.486 e. The molecule has 7 heteroatoms. The first kappa shape index (κ1) is 18.4. The van der Waals surface area contributed by atoms with Crippen LogP contribution < -0.4 is 14.8 Å². The molecule has 2 aromatic carbocycles. The van der Waals surface area contributed by atoms with Gasteiger partial charge in [0, 0.05) is 17.4 Å². The lowest BCUT2D eigenvalue weighted by Crippen LogP contribution is -2.24. The van der Waals surface area contributed by atoms with Crippen molar-refractivity contribution in [2.75, 3.05) is 19.0 Å². The zero-order valence-corrected chi connectivity index (χ0v) is 16.0. The first-order chi connectivity index (χ1) is 13.8. The molecular formula is C21H20N2O4S. The van der Waals surface area contributed by atoms with Crippen LogP contribution in [-0.4, -0.2) is 30.0 Å². The van der Waals surface area contributed by atoms with E-state index in [1.807, 2.05) is 42.5 Å². The van der Waals surface area contributed by atoms with E-state index >= 15 is 0 Å². The van der Waals surface area contributed by atoms with Crippen molar-refractivity contribution < 1.29 is 18.8 Å². The highest BCUT2D eigenvalue weighted by Gasteiger charge is 2.15. The summed E-state index contributed by atoms with van der Waals surface area (Å²) in [4.78, 5) is 12.0. The highest BCUT2D eigenvalue weighted by molar-refractivity contribution is 7.99. The third-order valence-corrected chi connectivity index (χ3v) is 5.20. The second kappa shape index (κ2) is 8.84. The Morgan fingerprint density at radius 1 is 1.04 bits per heavy atom. The number of hydrogen-bond donors (Lipinski definition) is 1. The molecular weight excluding hydrogens is 376 g/mol. The van der Waals surface area contributed by atoms with Crippen LogP contribution in [-0.2, 0) is 17.1 Å². The fraction of sp³-hybridized carbons (Fsp3) is 0.238. The van der Waals surface area contributed by atoms with Gasteiger partial charge in [-0.3, -0.25) is 4.79 Å². The normalized spacial score (nSPS) is 12.6. The van der Waals surface area contributed by atoms with Crippen molar-refractivity contribution in [1.29, 1.82) is 0 Å². The summed E-state index contributed by atoms with van der Waals surface area (Å²) in [6, 6.07) is 17.5. The van der Waals surface area contributed by atoms with Gasteiger partial charge in [-0.05, 0) is 23.8 Å². The van der Waals surface area contributed by atoms with Crippen molar-refractivity contribution in [3.63, 3.8) is 0 Å². The van der Waals surface area contributed by atoms with Gasteiger partial charge >= 0.3 is 0 Å². The molecule has 6 nitrogen and oxygen atoms in total. The molecule has 0 atom stereocenters. The second-order valence-corrected chi connectivity index (χ2v) is 7.28. The van der Waals surface area contributed by atoms with E-state index in [1.165, 1.54) is 5.56 Å². The molecule has 1 aliphatic heterocycles. The standard InChI is InChI=1S/C21H20N2O4S/c24-21(14-28-13-15-4-2-1-3-5-15)22-12-17-11-19(27-23-17)16-6-7-18-20(10-16)26-9-8-25-18/h1-7,10-11H,8-9,12-14H2,(H,22,24). The number of aromatic nitrogens is 1. The summed E-state index contributed by atoms with van der Waals surface area (Å²) in [7, 11) is 0. The van der Waals surface area contributed by atoms with Gasteiger partial charge in [0.2, 0.25) is 5.91 Å². The number of amides is 1. The van der Waals surface area contributed by atoms with Gasteiger partial charge in [-0.25, -0.2) is 0 Å². The molecule has 1 aliphatic rings. The lowest BCUT2D eigenvalue weighted by Gasteiger charge is -2.18. The second-order valence-electron chi connectivity index (χ2n) is 6.30. The molecule has 2 heterocycles. The van der Waals surface area contributed by atoms with Crippen LogP contribution >= 0.6 is 11.8 Å². The fourth-order valence-electron chi connectivity index (χ4n) is 2.80. The molecule has 1 amide bonds. The number of carbonyl (C=O) groups is 1. The van der Waals surface area contributed by atoms with Crippen molar-refractivity contribution in [2.45, 2.75) is 12.3 Å². The van der Waals surface area contributed by atoms with E-state index in [9.17, 15) is 4.79 Å². The smallest absolute Gasteiger partial charge is 0.230 e. The van der Waals surface area contributed by atoms with Crippen LogP contribution in [0.4, 0.5) is 0 Å². The summed E-state index contributed by atoms with van der Waals surface area (Å²) < 4.78 is 16.5. The molecule has 1 N–H and O–H groups in total. The van der Waals surface area contributed by atoms with E-state index in [0.717, 1.165) is 17.1 Å². The zero-order valence-electron chi connectivity index (χ0n) is 15.2. The molecule has 0 bridgehead atoms. The van der Waals surface area contributed by atoms with Crippen LogP contribution in [0.15, 0.2) is 59.1 Å². The van der Waals surface area contributed by atoms with Gasteiger partial charge in [0.15, 0.2) is 17.3 Å². The third kappa shape index (κ3) is 4.67. The number of ether oxygens (including phenoxy) is 2. The third-order valence-electron chi connectivity index (χ3n) is 4.20. The SMILES string of the molecule is O=C(CSCc1ccccc1)NCc1cc(-c2ccc3c(c2)OCCO3)on1.